The van der Waals surface area contributed by atoms with E-state index < -0.39 is 15.8 Å². The molecular weight excluding hydrogens is 278 g/mol. The maximum atomic E-state index is 12.3. The fraction of sp³-hybridized carbons (Fsp3) is 0.500. The Kier molecular flexibility index (Phi) is 4.04. The lowest BCUT2D eigenvalue weighted by atomic mass is 10.0. The van der Waals surface area contributed by atoms with E-state index in [2.05, 4.69) is 0 Å². The summed E-state index contributed by atoms with van der Waals surface area (Å²) in [5.74, 6) is -0.323. The average molecular weight is 297 g/mol. The Labute approximate surface area is 119 Å². The summed E-state index contributed by atoms with van der Waals surface area (Å²) in [5, 5.41) is 9.27. The van der Waals surface area contributed by atoms with E-state index in [1.807, 2.05) is 6.92 Å². The van der Waals surface area contributed by atoms with Crippen molar-refractivity contribution in [3.8, 4) is 5.75 Å². The van der Waals surface area contributed by atoms with Crippen LogP contribution in [0.1, 0.15) is 24.9 Å². The Morgan fingerprint density at radius 3 is 2.45 bits per heavy atom. The van der Waals surface area contributed by atoms with Crippen LogP contribution in [0.2, 0.25) is 0 Å². The summed E-state index contributed by atoms with van der Waals surface area (Å²) in [7, 11) is -1.37. The molecule has 5 nitrogen and oxygen atoms in total. The number of aromatic hydroxyl groups is 1. The van der Waals surface area contributed by atoms with E-state index in [9.17, 15) is 18.3 Å². The molecule has 2 rings (SSSR count). The number of sulfone groups is 1. The van der Waals surface area contributed by atoms with Crippen LogP contribution in [0.3, 0.4) is 0 Å². The first-order valence-corrected chi connectivity index (χ1v) is 8.38. The molecular formula is C14H19NO4S. The first-order chi connectivity index (χ1) is 9.30. The smallest absolute Gasteiger partial charge is 0.226 e. The molecule has 1 aliphatic heterocycles. The number of hydrogen-bond donors (Lipinski definition) is 1. The Hall–Kier alpha value is -1.56. The molecule has 20 heavy (non-hydrogen) atoms. The molecule has 0 saturated carbocycles. The van der Waals surface area contributed by atoms with E-state index >= 15 is 0 Å². The van der Waals surface area contributed by atoms with Gasteiger partial charge in [0, 0.05) is 7.05 Å². The predicted octanol–water partition coefficient (Wildman–Crippen LogP) is 1.35. The van der Waals surface area contributed by atoms with Crippen molar-refractivity contribution in [2.24, 2.45) is 5.92 Å². The number of carbonyl (C=O) groups excluding carboxylic acids is 1. The van der Waals surface area contributed by atoms with E-state index in [1.54, 1.807) is 36.2 Å². The fourth-order valence-corrected chi connectivity index (χ4v) is 4.18. The van der Waals surface area contributed by atoms with Gasteiger partial charge in [-0.3, -0.25) is 4.79 Å². The highest BCUT2D eigenvalue weighted by atomic mass is 32.2. The molecule has 2 unspecified atom stereocenters. The minimum atomic E-state index is -3.05. The van der Waals surface area contributed by atoms with Crippen LogP contribution in [0.5, 0.6) is 5.75 Å². The number of phenolic OH excluding ortho intramolecular Hbond substituents is 1. The first kappa shape index (κ1) is 14.8. The minimum Gasteiger partial charge on any atom is -0.508 e. The lowest BCUT2D eigenvalue weighted by molar-refractivity contribution is -0.135. The molecule has 1 heterocycles. The zero-order valence-electron chi connectivity index (χ0n) is 11.6. The number of rotatable bonds is 3. The lowest BCUT2D eigenvalue weighted by Crippen LogP contribution is -2.35. The van der Waals surface area contributed by atoms with Gasteiger partial charge >= 0.3 is 0 Å². The fourth-order valence-electron chi connectivity index (χ4n) is 2.45. The second kappa shape index (κ2) is 5.44. The Morgan fingerprint density at radius 1 is 1.35 bits per heavy atom. The van der Waals surface area contributed by atoms with Gasteiger partial charge in [0.2, 0.25) is 5.91 Å². The van der Waals surface area contributed by atoms with E-state index in [0.29, 0.717) is 6.42 Å². The zero-order valence-corrected chi connectivity index (χ0v) is 12.4. The van der Waals surface area contributed by atoms with E-state index in [-0.39, 0.29) is 29.2 Å². The number of hydrogen-bond acceptors (Lipinski definition) is 4. The third-order valence-corrected chi connectivity index (χ3v) is 5.65. The maximum Gasteiger partial charge on any atom is 0.226 e. The molecule has 110 valence electrons. The number of carbonyl (C=O) groups is 1. The third kappa shape index (κ3) is 3.12. The topological polar surface area (TPSA) is 74.7 Å². The molecule has 1 amide bonds. The van der Waals surface area contributed by atoms with Crippen molar-refractivity contribution in [2.45, 2.75) is 19.4 Å². The first-order valence-electron chi connectivity index (χ1n) is 6.56. The summed E-state index contributed by atoms with van der Waals surface area (Å²) in [6.45, 7) is 1.88. The molecule has 0 bridgehead atoms. The Morgan fingerprint density at radius 2 is 1.95 bits per heavy atom. The molecule has 1 N–H and O–H groups in total. The van der Waals surface area contributed by atoms with Crippen LogP contribution in [-0.4, -0.2) is 42.9 Å². The van der Waals surface area contributed by atoms with Crippen LogP contribution < -0.4 is 0 Å². The van der Waals surface area contributed by atoms with Crippen molar-refractivity contribution in [1.29, 1.82) is 0 Å². The SMILES string of the molecule is CC(c1ccc(O)cc1)N(C)C(=O)C1CCS(=O)(=O)C1. The summed E-state index contributed by atoms with van der Waals surface area (Å²) >= 11 is 0. The number of amides is 1. The lowest BCUT2D eigenvalue weighted by Gasteiger charge is -2.27. The van der Waals surface area contributed by atoms with Crippen molar-refractivity contribution in [3.05, 3.63) is 29.8 Å². The summed E-state index contributed by atoms with van der Waals surface area (Å²) in [4.78, 5) is 13.9. The van der Waals surface area contributed by atoms with Crippen LogP contribution in [-0.2, 0) is 14.6 Å². The summed E-state index contributed by atoms with van der Waals surface area (Å²) in [6, 6.07) is 6.50. The van der Waals surface area contributed by atoms with Crippen LogP contribution in [0.25, 0.3) is 0 Å². The largest absolute Gasteiger partial charge is 0.508 e. The van der Waals surface area contributed by atoms with Gasteiger partial charge in [-0.15, -0.1) is 0 Å². The minimum absolute atomic E-state index is 0.0432. The zero-order chi connectivity index (χ0) is 14.9. The summed E-state index contributed by atoms with van der Waals surface area (Å²) in [6.07, 6.45) is 0.411. The van der Waals surface area contributed by atoms with E-state index in [0.717, 1.165) is 5.56 Å². The van der Waals surface area contributed by atoms with Gasteiger partial charge in [0.05, 0.1) is 23.5 Å². The Balaban J connectivity index is 2.08. The highest BCUT2D eigenvalue weighted by molar-refractivity contribution is 7.91. The van der Waals surface area contributed by atoms with Crippen LogP contribution in [0.15, 0.2) is 24.3 Å². The van der Waals surface area contributed by atoms with E-state index in [1.165, 1.54) is 0 Å². The molecule has 1 fully saturated rings. The van der Waals surface area contributed by atoms with Crippen molar-refractivity contribution in [1.82, 2.24) is 4.90 Å². The van der Waals surface area contributed by atoms with Crippen LogP contribution in [0.4, 0.5) is 0 Å². The number of nitrogens with zero attached hydrogens (tertiary/aromatic N) is 1. The molecule has 1 saturated heterocycles. The molecule has 1 aliphatic rings. The van der Waals surface area contributed by atoms with Crippen molar-refractivity contribution < 1.29 is 18.3 Å². The molecule has 0 spiro atoms. The van der Waals surface area contributed by atoms with Gasteiger partial charge < -0.3 is 10.0 Å². The normalized spacial score (nSPS) is 22.4. The maximum absolute atomic E-state index is 12.3. The quantitative estimate of drug-likeness (QED) is 0.913. The number of benzene rings is 1. The second-order valence-corrected chi connectivity index (χ2v) is 7.55. The molecule has 6 heteroatoms. The van der Waals surface area contributed by atoms with E-state index in [4.69, 9.17) is 0 Å². The van der Waals surface area contributed by atoms with Gasteiger partial charge in [0.15, 0.2) is 9.84 Å². The van der Waals surface area contributed by atoms with Crippen LogP contribution >= 0.6 is 0 Å². The molecule has 2 atom stereocenters. The summed E-state index contributed by atoms with van der Waals surface area (Å²) in [5.41, 5.74) is 0.902. The van der Waals surface area contributed by atoms with Gasteiger partial charge in [-0.25, -0.2) is 8.42 Å². The van der Waals surface area contributed by atoms with Gasteiger partial charge in [0.1, 0.15) is 5.75 Å². The molecule has 1 aromatic carbocycles. The van der Waals surface area contributed by atoms with Crippen molar-refractivity contribution >= 4 is 15.7 Å². The van der Waals surface area contributed by atoms with Gasteiger partial charge in [-0.2, -0.15) is 0 Å². The molecule has 1 aromatic rings. The van der Waals surface area contributed by atoms with Crippen LogP contribution in [0, 0.1) is 5.92 Å². The summed E-state index contributed by atoms with van der Waals surface area (Å²) < 4.78 is 22.9. The molecule has 0 aliphatic carbocycles. The second-order valence-electron chi connectivity index (χ2n) is 5.32. The molecule has 0 radical (unpaired) electrons. The van der Waals surface area contributed by atoms with Gasteiger partial charge in [0.25, 0.3) is 0 Å². The highest BCUT2D eigenvalue weighted by Crippen LogP contribution is 2.26. The highest BCUT2D eigenvalue weighted by Gasteiger charge is 2.35. The third-order valence-electron chi connectivity index (χ3n) is 3.89. The van der Waals surface area contributed by atoms with Gasteiger partial charge in [-0.1, -0.05) is 12.1 Å². The van der Waals surface area contributed by atoms with Gasteiger partial charge in [-0.05, 0) is 31.0 Å². The Bertz CT molecular complexity index is 594. The number of phenols is 1. The van der Waals surface area contributed by atoms with Crippen molar-refractivity contribution in [3.63, 3.8) is 0 Å². The molecule has 0 aromatic heterocycles. The van der Waals surface area contributed by atoms with Crippen molar-refractivity contribution in [2.75, 3.05) is 18.6 Å². The predicted molar refractivity (Wildman–Crippen MR) is 76.1 cm³/mol. The monoisotopic (exact) mass is 297 g/mol. The average Bonchev–Trinajstić information content (AvgIpc) is 2.77. The standard InChI is InChI=1S/C14H19NO4S/c1-10(11-3-5-13(16)6-4-11)15(2)14(17)12-7-8-20(18,19)9-12/h3-6,10,12,16H,7-9H2,1-2H3.